The standard InChI is InChI=1S/C16H20F2N4O4/c17-13(18)8-26-12-4-3-9(14(19)23)6-11(12)21-15(24)10-2-1-5-22(7-10)16(20)25/h3-4,6,10,13H,1-2,5,7-8H2,(H2,19,23)(H2,20,25)(H,21,24). The van der Waals surface area contributed by atoms with Gasteiger partial charge in [0.25, 0.3) is 6.43 Å². The van der Waals surface area contributed by atoms with E-state index < -0.39 is 36.8 Å². The Hall–Kier alpha value is -2.91. The molecule has 10 heteroatoms. The molecule has 1 unspecified atom stereocenters. The van der Waals surface area contributed by atoms with E-state index in [0.29, 0.717) is 19.4 Å². The van der Waals surface area contributed by atoms with E-state index in [-0.39, 0.29) is 23.5 Å². The first-order valence-corrected chi connectivity index (χ1v) is 7.98. The van der Waals surface area contributed by atoms with Crippen molar-refractivity contribution in [1.29, 1.82) is 0 Å². The van der Waals surface area contributed by atoms with Crippen molar-refractivity contribution in [1.82, 2.24) is 4.90 Å². The van der Waals surface area contributed by atoms with E-state index in [9.17, 15) is 23.2 Å². The Labute approximate surface area is 148 Å². The maximum Gasteiger partial charge on any atom is 0.314 e. The highest BCUT2D eigenvalue weighted by Gasteiger charge is 2.28. The van der Waals surface area contributed by atoms with Crippen molar-refractivity contribution in [2.75, 3.05) is 25.0 Å². The molecule has 0 aliphatic carbocycles. The second-order valence-corrected chi connectivity index (χ2v) is 5.89. The summed E-state index contributed by atoms with van der Waals surface area (Å²) in [6.45, 7) is -0.236. The summed E-state index contributed by atoms with van der Waals surface area (Å²) in [7, 11) is 0. The molecule has 1 aliphatic heterocycles. The molecule has 0 radical (unpaired) electrons. The number of rotatable bonds is 6. The minimum Gasteiger partial charge on any atom is -0.485 e. The molecule has 2 rings (SSSR count). The summed E-state index contributed by atoms with van der Waals surface area (Å²) in [6, 6.07) is 3.25. The van der Waals surface area contributed by atoms with Crippen molar-refractivity contribution in [2.24, 2.45) is 17.4 Å². The van der Waals surface area contributed by atoms with E-state index in [1.807, 2.05) is 0 Å². The number of halogens is 2. The summed E-state index contributed by atoms with van der Waals surface area (Å²) in [5.41, 5.74) is 10.6. The maximum atomic E-state index is 12.5. The summed E-state index contributed by atoms with van der Waals surface area (Å²) in [5, 5.41) is 2.56. The van der Waals surface area contributed by atoms with Crippen LogP contribution in [0.4, 0.5) is 19.3 Å². The van der Waals surface area contributed by atoms with Gasteiger partial charge in [-0.3, -0.25) is 9.59 Å². The number of hydrogen-bond donors (Lipinski definition) is 3. The molecule has 1 atom stereocenters. The topological polar surface area (TPSA) is 128 Å². The number of urea groups is 1. The van der Waals surface area contributed by atoms with Crippen molar-refractivity contribution in [3.8, 4) is 5.75 Å². The summed E-state index contributed by atoms with van der Waals surface area (Å²) in [4.78, 5) is 36.5. The van der Waals surface area contributed by atoms with E-state index in [1.54, 1.807) is 0 Å². The Morgan fingerprint density at radius 1 is 1.31 bits per heavy atom. The molecule has 4 amide bonds. The second-order valence-electron chi connectivity index (χ2n) is 5.89. The molecule has 1 aliphatic rings. The van der Waals surface area contributed by atoms with Crippen LogP contribution >= 0.6 is 0 Å². The molecule has 1 heterocycles. The first-order chi connectivity index (χ1) is 12.3. The van der Waals surface area contributed by atoms with Crippen LogP contribution in [-0.2, 0) is 4.79 Å². The molecule has 0 aromatic heterocycles. The number of hydrogen-bond acceptors (Lipinski definition) is 4. The minimum atomic E-state index is -2.70. The lowest BCUT2D eigenvalue weighted by Crippen LogP contribution is -2.46. The van der Waals surface area contributed by atoms with Crippen LogP contribution in [0.5, 0.6) is 5.75 Å². The molecule has 1 aromatic carbocycles. The van der Waals surface area contributed by atoms with Gasteiger partial charge < -0.3 is 26.4 Å². The highest BCUT2D eigenvalue weighted by atomic mass is 19.3. The van der Waals surface area contributed by atoms with Gasteiger partial charge in [-0.2, -0.15) is 0 Å². The number of amides is 4. The van der Waals surface area contributed by atoms with Gasteiger partial charge in [-0.05, 0) is 31.0 Å². The predicted molar refractivity (Wildman–Crippen MR) is 89.0 cm³/mol. The van der Waals surface area contributed by atoms with E-state index in [0.717, 1.165) is 0 Å². The second kappa shape index (κ2) is 8.45. The van der Waals surface area contributed by atoms with Crippen LogP contribution in [0, 0.1) is 5.92 Å². The first-order valence-electron chi connectivity index (χ1n) is 7.98. The number of nitrogens with two attached hydrogens (primary N) is 2. The molecule has 0 bridgehead atoms. The average Bonchev–Trinajstić information content (AvgIpc) is 2.60. The van der Waals surface area contributed by atoms with Gasteiger partial charge >= 0.3 is 6.03 Å². The van der Waals surface area contributed by atoms with E-state index in [4.69, 9.17) is 16.2 Å². The number of carbonyl (C=O) groups is 3. The van der Waals surface area contributed by atoms with Gasteiger partial charge in [0, 0.05) is 18.7 Å². The van der Waals surface area contributed by atoms with Crippen LogP contribution < -0.4 is 21.5 Å². The van der Waals surface area contributed by atoms with Gasteiger partial charge in [0.15, 0.2) is 0 Å². The van der Waals surface area contributed by atoms with Crippen LogP contribution in [-0.4, -0.2) is 48.9 Å². The number of likely N-dealkylation sites (tertiary alicyclic amines) is 1. The zero-order valence-corrected chi connectivity index (χ0v) is 13.9. The zero-order valence-electron chi connectivity index (χ0n) is 13.9. The minimum absolute atomic E-state index is 0.00813. The Morgan fingerprint density at radius 3 is 2.65 bits per heavy atom. The lowest BCUT2D eigenvalue weighted by molar-refractivity contribution is -0.121. The lowest BCUT2D eigenvalue weighted by Gasteiger charge is -2.30. The summed E-state index contributed by atoms with van der Waals surface area (Å²) < 4.78 is 29.8. The third kappa shape index (κ3) is 5.04. The Bertz CT molecular complexity index is 699. The van der Waals surface area contributed by atoms with Crippen molar-refractivity contribution in [2.45, 2.75) is 19.3 Å². The molecular formula is C16H20F2N4O4. The fourth-order valence-corrected chi connectivity index (χ4v) is 2.69. The fourth-order valence-electron chi connectivity index (χ4n) is 2.69. The van der Waals surface area contributed by atoms with Crippen molar-refractivity contribution in [3.63, 3.8) is 0 Å². The van der Waals surface area contributed by atoms with E-state index in [2.05, 4.69) is 5.32 Å². The number of carbonyl (C=O) groups excluding carboxylic acids is 3. The zero-order chi connectivity index (χ0) is 19.3. The van der Waals surface area contributed by atoms with Gasteiger partial charge in [0.2, 0.25) is 11.8 Å². The van der Waals surface area contributed by atoms with Crippen LogP contribution in [0.25, 0.3) is 0 Å². The summed E-state index contributed by atoms with van der Waals surface area (Å²) in [6.07, 6.45) is -1.55. The number of piperidine rings is 1. The van der Waals surface area contributed by atoms with Crippen molar-refractivity contribution in [3.05, 3.63) is 23.8 Å². The van der Waals surface area contributed by atoms with Crippen LogP contribution in [0.1, 0.15) is 23.2 Å². The largest absolute Gasteiger partial charge is 0.485 e. The van der Waals surface area contributed by atoms with Gasteiger partial charge in [-0.25, -0.2) is 13.6 Å². The normalized spacial score (nSPS) is 17.0. The van der Waals surface area contributed by atoms with E-state index in [1.165, 1.54) is 23.1 Å². The summed E-state index contributed by atoms with van der Waals surface area (Å²) >= 11 is 0. The SMILES string of the molecule is NC(=O)c1ccc(OCC(F)F)c(NC(=O)C2CCCN(C(N)=O)C2)c1. The monoisotopic (exact) mass is 370 g/mol. The maximum absolute atomic E-state index is 12.5. The molecule has 142 valence electrons. The van der Waals surface area contributed by atoms with Crippen LogP contribution in [0.3, 0.4) is 0 Å². The number of nitrogens with zero attached hydrogens (tertiary/aromatic N) is 1. The number of ether oxygens (including phenoxy) is 1. The Kier molecular flexibility index (Phi) is 6.31. The number of alkyl halides is 2. The number of anilines is 1. The third-order valence-corrected chi connectivity index (χ3v) is 3.99. The summed E-state index contributed by atoms with van der Waals surface area (Å²) in [5.74, 6) is -1.69. The van der Waals surface area contributed by atoms with Gasteiger partial charge in [-0.15, -0.1) is 0 Å². The smallest absolute Gasteiger partial charge is 0.314 e. The number of benzene rings is 1. The van der Waals surface area contributed by atoms with Gasteiger partial charge in [-0.1, -0.05) is 0 Å². The number of primary amides is 2. The Balaban J connectivity index is 2.16. The molecule has 1 saturated heterocycles. The molecule has 1 aromatic rings. The van der Waals surface area contributed by atoms with Gasteiger partial charge in [0.1, 0.15) is 12.4 Å². The van der Waals surface area contributed by atoms with Gasteiger partial charge in [0.05, 0.1) is 11.6 Å². The third-order valence-electron chi connectivity index (χ3n) is 3.99. The molecular weight excluding hydrogens is 350 g/mol. The quantitative estimate of drug-likeness (QED) is 0.694. The molecule has 26 heavy (non-hydrogen) atoms. The van der Waals surface area contributed by atoms with Crippen LogP contribution in [0.15, 0.2) is 18.2 Å². The number of nitrogens with one attached hydrogen (secondary N) is 1. The average molecular weight is 370 g/mol. The highest BCUT2D eigenvalue weighted by Crippen LogP contribution is 2.28. The Morgan fingerprint density at radius 2 is 2.04 bits per heavy atom. The molecule has 0 saturated carbocycles. The molecule has 8 nitrogen and oxygen atoms in total. The van der Waals surface area contributed by atoms with Crippen LogP contribution in [0.2, 0.25) is 0 Å². The van der Waals surface area contributed by atoms with E-state index >= 15 is 0 Å². The first kappa shape index (κ1) is 19.4. The molecule has 0 spiro atoms. The fraction of sp³-hybridized carbons (Fsp3) is 0.438. The molecule has 5 N–H and O–H groups in total. The highest BCUT2D eigenvalue weighted by molar-refractivity contribution is 5.98. The lowest BCUT2D eigenvalue weighted by atomic mass is 9.97. The molecule has 1 fully saturated rings. The van der Waals surface area contributed by atoms with Crippen molar-refractivity contribution >= 4 is 23.5 Å². The van der Waals surface area contributed by atoms with Crippen molar-refractivity contribution < 1.29 is 27.9 Å². The predicted octanol–water partition coefficient (Wildman–Crippen LogP) is 1.16.